The number of carbonyl (C=O) groups is 1. The van der Waals surface area contributed by atoms with Crippen LogP contribution in [0, 0.1) is 15.5 Å². The maximum Gasteiger partial charge on any atom is 0.293 e. The number of benzene rings is 2. The van der Waals surface area contributed by atoms with Crippen molar-refractivity contribution in [1.29, 1.82) is 0 Å². The highest BCUT2D eigenvalue weighted by atomic mass is 32.1. The Bertz CT molecular complexity index is 1300. The van der Waals surface area contributed by atoms with Crippen LogP contribution in [0.15, 0.2) is 53.3 Å². The molecule has 0 fully saturated rings. The first-order valence-electron chi connectivity index (χ1n) is 9.60. The number of para-hydroxylation sites is 1. The Balaban J connectivity index is 2.04. The number of aromatic amines is 1. The maximum atomic E-state index is 12.3. The third-order valence-electron chi connectivity index (χ3n) is 4.68. The largest absolute Gasteiger partial charge is 0.339 e. The van der Waals surface area contributed by atoms with Gasteiger partial charge in [0.25, 0.3) is 11.2 Å². The quantitative estimate of drug-likeness (QED) is 0.488. The average molecular weight is 438 g/mol. The first-order valence-corrected chi connectivity index (χ1v) is 10.4. The number of hydrogen-bond donors (Lipinski definition) is 1. The summed E-state index contributed by atoms with van der Waals surface area (Å²) >= 11 is 1.14. The van der Waals surface area contributed by atoms with Crippen LogP contribution < -0.4 is 19.7 Å². The Morgan fingerprint density at radius 1 is 1.16 bits per heavy atom. The summed E-state index contributed by atoms with van der Waals surface area (Å²) in [7, 11) is 1.76. The summed E-state index contributed by atoms with van der Waals surface area (Å²) in [6.45, 7) is 5.41. The molecular formula is C23H23N3O4S. The molecule has 3 rings (SSSR count). The highest BCUT2D eigenvalue weighted by Crippen LogP contribution is 2.33. The number of nitrogens with one attached hydrogen (secondary N) is 1. The van der Waals surface area contributed by atoms with Gasteiger partial charge in [-0.3, -0.25) is 19.7 Å². The monoisotopic (exact) mass is 437 g/mol. The summed E-state index contributed by atoms with van der Waals surface area (Å²) in [5.41, 5.74) is 0.831. The number of nitro benzene ring substituents is 1. The summed E-state index contributed by atoms with van der Waals surface area (Å²) in [6, 6.07) is 14.2. The van der Waals surface area contributed by atoms with Gasteiger partial charge < -0.3 is 9.88 Å². The molecule has 8 heteroatoms. The molecule has 0 amide bonds. The molecule has 2 aromatic carbocycles. The summed E-state index contributed by atoms with van der Waals surface area (Å²) < 4.78 is 0.817. The highest BCUT2D eigenvalue weighted by molar-refractivity contribution is 7.07. The van der Waals surface area contributed by atoms with Crippen molar-refractivity contribution >= 4 is 46.3 Å². The van der Waals surface area contributed by atoms with Gasteiger partial charge in [0.15, 0.2) is 5.78 Å². The van der Waals surface area contributed by atoms with E-state index in [1.165, 1.54) is 12.1 Å². The maximum absolute atomic E-state index is 12.3. The van der Waals surface area contributed by atoms with Crippen molar-refractivity contribution in [2.45, 2.75) is 20.8 Å². The minimum Gasteiger partial charge on any atom is -0.339 e. The molecule has 1 N–H and O–H groups in total. The Morgan fingerprint density at radius 3 is 2.45 bits per heavy atom. The van der Waals surface area contributed by atoms with E-state index in [-0.39, 0.29) is 17.0 Å². The number of carbonyl (C=O) groups excluding carboxylic acids is 1. The second-order valence-corrected chi connectivity index (χ2v) is 9.17. The number of aromatic nitrogens is 1. The second kappa shape index (κ2) is 8.69. The van der Waals surface area contributed by atoms with Crippen molar-refractivity contribution in [2.24, 2.45) is 5.41 Å². The molecule has 0 spiro atoms. The molecule has 3 aromatic rings. The highest BCUT2D eigenvalue weighted by Gasteiger charge is 2.20. The van der Waals surface area contributed by atoms with Gasteiger partial charge in [0.05, 0.1) is 14.1 Å². The average Bonchev–Trinajstić information content (AvgIpc) is 3.06. The van der Waals surface area contributed by atoms with Crippen LogP contribution in [-0.2, 0) is 4.79 Å². The molecule has 7 nitrogen and oxygen atoms in total. The van der Waals surface area contributed by atoms with Gasteiger partial charge in [0.2, 0.25) is 0 Å². The molecule has 1 aromatic heterocycles. The molecule has 160 valence electrons. The molecule has 0 bridgehead atoms. The number of thiazole rings is 1. The number of H-pyrrole nitrogens is 1. The smallest absolute Gasteiger partial charge is 0.293 e. The van der Waals surface area contributed by atoms with E-state index in [0.29, 0.717) is 20.4 Å². The molecule has 0 aliphatic rings. The van der Waals surface area contributed by atoms with E-state index in [1.807, 2.05) is 30.3 Å². The summed E-state index contributed by atoms with van der Waals surface area (Å²) in [4.78, 5) is 40.2. The van der Waals surface area contributed by atoms with Gasteiger partial charge in [0, 0.05) is 30.3 Å². The van der Waals surface area contributed by atoms with Crippen LogP contribution in [0.2, 0.25) is 0 Å². The van der Waals surface area contributed by atoms with Gasteiger partial charge in [-0.1, -0.05) is 45.0 Å². The Kier molecular flexibility index (Phi) is 6.21. The molecule has 0 saturated carbocycles. The van der Waals surface area contributed by atoms with Crippen molar-refractivity contribution in [3.05, 3.63) is 83.8 Å². The second-order valence-electron chi connectivity index (χ2n) is 8.09. The van der Waals surface area contributed by atoms with Crippen molar-refractivity contribution in [3.63, 3.8) is 0 Å². The number of nitro groups is 1. The number of ketones is 1. The number of rotatable bonds is 5. The van der Waals surface area contributed by atoms with E-state index >= 15 is 0 Å². The van der Waals surface area contributed by atoms with Crippen LogP contribution >= 0.6 is 11.3 Å². The number of Topliss-reactive ketones (excluding diaryl/α,β-unsaturated/α-hetero) is 1. The molecule has 0 aliphatic carbocycles. The fourth-order valence-electron chi connectivity index (χ4n) is 2.86. The molecule has 1 heterocycles. The molecule has 0 atom stereocenters. The zero-order valence-electron chi connectivity index (χ0n) is 17.7. The third kappa shape index (κ3) is 5.16. The predicted molar refractivity (Wildman–Crippen MR) is 124 cm³/mol. The number of nitrogens with zero attached hydrogens (tertiary/aromatic N) is 2. The van der Waals surface area contributed by atoms with E-state index in [0.717, 1.165) is 17.0 Å². The molecule has 0 radical (unpaired) electrons. The van der Waals surface area contributed by atoms with Crippen LogP contribution in [0.5, 0.6) is 0 Å². The molecule has 31 heavy (non-hydrogen) atoms. The fraction of sp³-hybridized carbons (Fsp3) is 0.217. The van der Waals surface area contributed by atoms with E-state index in [9.17, 15) is 19.7 Å². The van der Waals surface area contributed by atoms with Gasteiger partial charge in [0.1, 0.15) is 5.69 Å². The van der Waals surface area contributed by atoms with Gasteiger partial charge >= 0.3 is 0 Å². The van der Waals surface area contributed by atoms with Gasteiger partial charge in [-0.15, -0.1) is 11.3 Å². The summed E-state index contributed by atoms with van der Waals surface area (Å²) in [5, 5.41) is 11.7. The molecular weight excluding hydrogens is 414 g/mol. The zero-order valence-corrected chi connectivity index (χ0v) is 18.5. The third-order valence-corrected chi connectivity index (χ3v) is 5.64. The first-order chi connectivity index (χ1) is 14.6. The molecule has 0 aliphatic heterocycles. The lowest BCUT2D eigenvalue weighted by Crippen LogP contribution is -2.22. The summed E-state index contributed by atoms with van der Waals surface area (Å²) in [5.74, 6) is -0.0968. The molecule has 0 unspecified atom stereocenters. The Hall–Kier alpha value is -3.52. The van der Waals surface area contributed by atoms with Crippen molar-refractivity contribution in [1.82, 2.24) is 4.98 Å². The fourth-order valence-corrected chi connectivity index (χ4v) is 3.75. The van der Waals surface area contributed by atoms with Crippen molar-refractivity contribution in [2.75, 3.05) is 11.9 Å². The topological polar surface area (TPSA) is 96.3 Å². The van der Waals surface area contributed by atoms with Crippen LogP contribution in [0.25, 0.3) is 12.2 Å². The Labute approximate surface area is 183 Å². The van der Waals surface area contributed by atoms with Crippen molar-refractivity contribution < 1.29 is 9.72 Å². The number of anilines is 2. The van der Waals surface area contributed by atoms with E-state index in [1.54, 1.807) is 50.9 Å². The summed E-state index contributed by atoms with van der Waals surface area (Å²) in [6.07, 6.45) is 3.01. The minimum atomic E-state index is -0.550. The van der Waals surface area contributed by atoms with E-state index in [4.69, 9.17) is 0 Å². The Morgan fingerprint density at radius 2 is 1.84 bits per heavy atom. The normalized spacial score (nSPS) is 12.8. The van der Waals surface area contributed by atoms with Gasteiger partial charge in [-0.2, -0.15) is 0 Å². The van der Waals surface area contributed by atoms with Crippen LogP contribution in [0.3, 0.4) is 0 Å². The van der Waals surface area contributed by atoms with Gasteiger partial charge in [-0.05, 0) is 29.8 Å². The lowest BCUT2D eigenvalue weighted by molar-refractivity contribution is -0.384. The van der Waals surface area contributed by atoms with E-state index in [2.05, 4.69) is 4.98 Å². The van der Waals surface area contributed by atoms with Gasteiger partial charge in [-0.25, -0.2) is 0 Å². The van der Waals surface area contributed by atoms with Crippen LogP contribution in [0.1, 0.15) is 26.3 Å². The lowest BCUT2D eigenvalue weighted by Gasteiger charge is -2.19. The van der Waals surface area contributed by atoms with Crippen LogP contribution in [-0.4, -0.2) is 22.7 Å². The minimum absolute atomic E-state index is 0.0669. The van der Waals surface area contributed by atoms with Crippen LogP contribution in [0.4, 0.5) is 17.1 Å². The number of hydrogen-bond acceptors (Lipinski definition) is 6. The lowest BCUT2D eigenvalue weighted by atomic mass is 9.91. The van der Waals surface area contributed by atoms with E-state index < -0.39 is 10.3 Å². The SMILES string of the molecule is CN(c1ccccc1)c1ccc(/C=c2\s/c(=C/C(=O)C(C)(C)C)[nH]c2=O)cc1[N+](=O)[O-]. The first kappa shape index (κ1) is 22.2. The predicted octanol–water partition coefficient (Wildman–Crippen LogP) is 3.34. The van der Waals surface area contributed by atoms with Crippen molar-refractivity contribution in [3.8, 4) is 0 Å². The molecule has 0 saturated heterocycles. The zero-order chi connectivity index (χ0) is 22.8. The standard InChI is InChI=1S/C23H23N3O4S/c1-23(2,3)20(27)14-21-24-22(28)19(31-21)13-15-10-11-17(18(12-15)26(29)30)25(4)16-8-6-5-7-9-16/h5-14H,1-4H3,(H,24,28)/b19-13-,21-14+.